The van der Waals surface area contributed by atoms with E-state index in [1.807, 2.05) is 6.92 Å². The minimum Gasteiger partial charge on any atom is -0.360 e. The van der Waals surface area contributed by atoms with Crippen LogP contribution in [0.5, 0.6) is 0 Å². The molecule has 1 aliphatic carbocycles. The molecule has 2 saturated heterocycles. The van der Waals surface area contributed by atoms with Crippen molar-refractivity contribution in [3.05, 3.63) is 17.5 Å². The van der Waals surface area contributed by atoms with E-state index in [-0.39, 0.29) is 29.7 Å². The third kappa shape index (κ3) is 5.49. The monoisotopic (exact) mass is 452 g/mol. The number of nitrogens with zero attached hydrogens (tertiary/aromatic N) is 3. The molecule has 0 unspecified atom stereocenters. The summed E-state index contributed by atoms with van der Waals surface area (Å²) in [5.41, 5.74) is 0.317. The second kappa shape index (κ2) is 9.19. The van der Waals surface area contributed by atoms with Crippen LogP contribution in [0.25, 0.3) is 0 Å². The van der Waals surface area contributed by atoms with Crippen molar-refractivity contribution in [2.75, 3.05) is 25.4 Å². The lowest BCUT2D eigenvalue weighted by molar-refractivity contribution is 0.0905. The molecular weight excluding hydrogens is 416 g/mol. The predicted octanol–water partition coefficient (Wildman–Crippen LogP) is 2.58. The lowest BCUT2D eigenvalue weighted by Gasteiger charge is -2.39. The van der Waals surface area contributed by atoms with E-state index in [1.165, 1.54) is 0 Å². The summed E-state index contributed by atoms with van der Waals surface area (Å²) < 4.78 is 33.1. The van der Waals surface area contributed by atoms with E-state index in [0.29, 0.717) is 37.0 Å². The first-order valence-electron chi connectivity index (χ1n) is 11.7. The highest BCUT2D eigenvalue weighted by atomic mass is 32.2. The van der Waals surface area contributed by atoms with Crippen LogP contribution in [0.1, 0.15) is 81.5 Å². The molecule has 9 heteroatoms. The van der Waals surface area contributed by atoms with Gasteiger partial charge < -0.3 is 14.7 Å². The first-order chi connectivity index (χ1) is 14.7. The van der Waals surface area contributed by atoms with Gasteiger partial charge in [-0.3, -0.25) is 4.79 Å². The molecule has 4 rings (SSSR count). The molecule has 8 nitrogen and oxygen atoms in total. The maximum absolute atomic E-state index is 13.1. The van der Waals surface area contributed by atoms with Crippen LogP contribution in [0.2, 0.25) is 0 Å². The third-order valence-corrected chi connectivity index (χ3v) is 9.22. The van der Waals surface area contributed by atoms with Crippen LogP contribution in [0.4, 0.5) is 0 Å². The summed E-state index contributed by atoms with van der Waals surface area (Å²) in [7, 11) is -3.30. The van der Waals surface area contributed by atoms with E-state index < -0.39 is 10.0 Å². The first-order valence-corrected chi connectivity index (χ1v) is 13.3. The smallest absolute Gasteiger partial charge is 0.273 e. The molecule has 174 valence electrons. The number of rotatable bonds is 7. The lowest BCUT2D eigenvalue weighted by atomic mass is 9.98. The number of piperidine rings is 2. The van der Waals surface area contributed by atoms with E-state index in [2.05, 4.69) is 29.2 Å². The molecule has 31 heavy (non-hydrogen) atoms. The zero-order valence-electron chi connectivity index (χ0n) is 18.9. The molecule has 0 spiro atoms. The minimum absolute atomic E-state index is 0.0516. The van der Waals surface area contributed by atoms with Crippen molar-refractivity contribution in [1.82, 2.24) is 19.7 Å². The Kier molecular flexibility index (Phi) is 6.74. The van der Waals surface area contributed by atoms with Crippen molar-refractivity contribution in [1.29, 1.82) is 0 Å². The number of likely N-dealkylation sites (tertiary alicyclic amines) is 1. The Morgan fingerprint density at radius 3 is 2.52 bits per heavy atom. The van der Waals surface area contributed by atoms with Gasteiger partial charge in [0.2, 0.25) is 10.0 Å². The van der Waals surface area contributed by atoms with E-state index in [4.69, 9.17) is 4.52 Å². The second-order valence-corrected chi connectivity index (χ2v) is 11.9. The topological polar surface area (TPSA) is 95.8 Å². The Morgan fingerprint density at radius 2 is 1.90 bits per heavy atom. The van der Waals surface area contributed by atoms with Gasteiger partial charge >= 0.3 is 0 Å². The normalized spacial score (nSPS) is 27.0. The van der Waals surface area contributed by atoms with Gasteiger partial charge in [0.1, 0.15) is 5.76 Å². The van der Waals surface area contributed by atoms with E-state index >= 15 is 0 Å². The molecule has 1 aromatic rings. The quantitative estimate of drug-likeness (QED) is 0.683. The Hall–Kier alpha value is -1.45. The molecule has 0 bridgehead atoms. The van der Waals surface area contributed by atoms with Crippen LogP contribution in [-0.4, -0.2) is 72.2 Å². The van der Waals surface area contributed by atoms with Gasteiger partial charge in [-0.1, -0.05) is 5.16 Å². The average molecular weight is 453 g/mol. The predicted molar refractivity (Wildman–Crippen MR) is 118 cm³/mol. The van der Waals surface area contributed by atoms with Crippen molar-refractivity contribution in [3.8, 4) is 0 Å². The molecule has 1 amide bonds. The number of carbonyl (C=O) groups is 1. The summed E-state index contributed by atoms with van der Waals surface area (Å²) in [6.07, 6.45) is 5.31. The molecule has 1 aromatic heterocycles. The van der Waals surface area contributed by atoms with Crippen LogP contribution in [-0.2, 0) is 10.0 Å². The highest BCUT2D eigenvalue weighted by molar-refractivity contribution is 7.89. The molecular formula is C22H36N4O4S. The fraction of sp³-hybridized carbons (Fsp3) is 0.818. The molecule has 3 heterocycles. The third-order valence-electron chi connectivity index (χ3n) is 7.07. The molecule has 2 atom stereocenters. The van der Waals surface area contributed by atoms with Crippen molar-refractivity contribution in [2.45, 2.75) is 83.3 Å². The highest BCUT2D eigenvalue weighted by Gasteiger charge is 2.36. The number of amides is 1. The van der Waals surface area contributed by atoms with E-state index in [1.54, 1.807) is 10.4 Å². The number of carbonyl (C=O) groups excluding carboxylic acids is 1. The average Bonchev–Trinajstić information content (AvgIpc) is 3.44. The van der Waals surface area contributed by atoms with Crippen LogP contribution in [0.3, 0.4) is 0 Å². The molecule has 1 N–H and O–H groups in total. The Bertz CT molecular complexity index is 872. The van der Waals surface area contributed by atoms with Crippen molar-refractivity contribution < 1.29 is 17.7 Å². The fourth-order valence-electron chi connectivity index (χ4n) is 4.94. The molecule has 3 fully saturated rings. The van der Waals surface area contributed by atoms with Crippen LogP contribution in [0, 0.1) is 5.92 Å². The Morgan fingerprint density at radius 1 is 1.19 bits per heavy atom. The summed E-state index contributed by atoms with van der Waals surface area (Å²) >= 11 is 0. The lowest BCUT2D eigenvalue weighted by Crippen LogP contribution is -2.52. The highest BCUT2D eigenvalue weighted by Crippen LogP contribution is 2.40. The summed E-state index contributed by atoms with van der Waals surface area (Å²) in [6, 6.07) is 2.08. The standard InChI is InChI=1S/C22H36N4O4S/c1-15(2)25-9-6-17(7-10-25)14-31(28,29)26-11-8-19(12-16(26)3)23-22(27)20-13-21(30-24-20)18-4-5-18/h13,15-19H,4-12,14H2,1-3H3,(H,23,27)/t16-,19-/m1/s1. The number of sulfonamides is 1. The Balaban J connectivity index is 1.27. The summed E-state index contributed by atoms with van der Waals surface area (Å²) in [4.78, 5) is 14.9. The zero-order chi connectivity index (χ0) is 22.2. The minimum atomic E-state index is -3.30. The molecule has 2 aliphatic heterocycles. The first kappa shape index (κ1) is 22.7. The van der Waals surface area contributed by atoms with E-state index in [9.17, 15) is 13.2 Å². The number of nitrogens with one attached hydrogen (secondary N) is 1. The summed E-state index contributed by atoms with van der Waals surface area (Å²) in [6.45, 7) is 8.73. The maximum atomic E-state index is 13.1. The van der Waals surface area contributed by atoms with Gasteiger partial charge in [-0.15, -0.1) is 0 Å². The van der Waals surface area contributed by atoms with Gasteiger partial charge in [0.15, 0.2) is 5.69 Å². The van der Waals surface area contributed by atoms with Crippen molar-refractivity contribution in [3.63, 3.8) is 0 Å². The number of hydrogen-bond acceptors (Lipinski definition) is 6. The zero-order valence-corrected chi connectivity index (χ0v) is 19.7. The van der Waals surface area contributed by atoms with Crippen molar-refractivity contribution in [2.24, 2.45) is 5.92 Å². The van der Waals surface area contributed by atoms with Gasteiger partial charge in [0.25, 0.3) is 5.91 Å². The molecule has 1 saturated carbocycles. The number of hydrogen-bond donors (Lipinski definition) is 1. The van der Waals surface area contributed by atoms with Gasteiger partial charge in [-0.25, -0.2) is 8.42 Å². The maximum Gasteiger partial charge on any atom is 0.273 e. The SMILES string of the molecule is CC(C)N1CCC(CS(=O)(=O)N2CC[C@@H](NC(=O)c3cc(C4CC4)on3)C[C@H]2C)CC1. The fourth-order valence-corrected chi connectivity index (χ4v) is 7.08. The van der Waals surface area contributed by atoms with Crippen LogP contribution < -0.4 is 5.32 Å². The second-order valence-electron chi connectivity index (χ2n) is 9.89. The molecule has 0 radical (unpaired) electrons. The van der Waals surface area contributed by atoms with Gasteiger partial charge in [0.05, 0.1) is 5.75 Å². The van der Waals surface area contributed by atoms with Crippen LogP contribution >= 0.6 is 0 Å². The number of aromatic nitrogens is 1. The largest absolute Gasteiger partial charge is 0.360 e. The summed E-state index contributed by atoms with van der Waals surface area (Å²) in [5.74, 6) is 1.45. The molecule has 0 aromatic carbocycles. The van der Waals surface area contributed by atoms with Gasteiger partial charge in [0, 0.05) is 36.7 Å². The van der Waals surface area contributed by atoms with Crippen molar-refractivity contribution >= 4 is 15.9 Å². The Labute approximate surface area is 185 Å². The molecule has 3 aliphatic rings. The van der Waals surface area contributed by atoms with E-state index in [0.717, 1.165) is 44.5 Å². The summed E-state index contributed by atoms with van der Waals surface area (Å²) in [5, 5.41) is 6.92. The van der Waals surface area contributed by atoms with Crippen LogP contribution in [0.15, 0.2) is 10.6 Å². The van der Waals surface area contributed by atoms with Gasteiger partial charge in [-0.2, -0.15) is 4.31 Å². The van der Waals surface area contributed by atoms with Gasteiger partial charge in [-0.05, 0) is 78.3 Å².